The number of nitrogens with two attached hydrogens (primary N) is 2. The Labute approximate surface area is 423 Å². The summed E-state index contributed by atoms with van der Waals surface area (Å²) >= 11 is 3.37. The van der Waals surface area contributed by atoms with Gasteiger partial charge in [-0.05, 0) is 143 Å². The molecule has 364 valence electrons. The van der Waals surface area contributed by atoms with E-state index in [4.69, 9.17) is 16.2 Å². The summed E-state index contributed by atoms with van der Waals surface area (Å²) < 4.78 is 5.39. The third kappa shape index (κ3) is 13.1. The van der Waals surface area contributed by atoms with E-state index in [-0.39, 0.29) is 41.8 Å². The third-order valence-corrected chi connectivity index (χ3v) is 16.7. The van der Waals surface area contributed by atoms with Crippen molar-refractivity contribution in [3.05, 3.63) is 153 Å². The Morgan fingerprint density at radius 2 is 1.03 bits per heavy atom. The third-order valence-electron chi connectivity index (χ3n) is 14.8. The first-order valence-electron chi connectivity index (χ1n) is 24.5. The molecule has 0 aliphatic carbocycles. The molecule has 9 nitrogen and oxygen atoms in total. The summed E-state index contributed by atoms with van der Waals surface area (Å²) in [5.41, 5.74) is 22.3. The van der Waals surface area contributed by atoms with Crippen molar-refractivity contribution in [2.24, 2.45) is 10.8 Å². The van der Waals surface area contributed by atoms with Gasteiger partial charge in [-0.2, -0.15) is 0 Å². The molecule has 5 heterocycles. The Kier molecular flexibility index (Phi) is 17.9. The Balaban J connectivity index is 0.000000206. The van der Waals surface area contributed by atoms with Gasteiger partial charge in [-0.25, -0.2) is 4.79 Å². The number of halogens is 1. The van der Waals surface area contributed by atoms with Gasteiger partial charge >= 0.3 is 6.03 Å². The van der Waals surface area contributed by atoms with Crippen molar-refractivity contribution in [3.63, 3.8) is 0 Å². The van der Waals surface area contributed by atoms with Gasteiger partial charge in [0.15, 0.2) is 11.6 Å². The molecule has 2 aromatic heterocycles. The van der Waals surface area contributed by atoms with Crippen LogP contribution in [0.2, 0.25) is 0 Å². The zero-order valence-corrected chi connectivity index (χ0v) is 42.6. The molecule has 3 aliphatic rings. The highest BCUT2D eigenvalue weighted by Gasteiger charge is 2.36. The van der Waals surface area contributed by atoms with Gasteiger partial charge in [0.25, 0.3) is 0 Å². The number of hydrogen-bond acceptors (Lipinski definition) is 9. The number of ketones is 2. The summed E-state index contributed by atoms with van der Waals surface area (Å²) in [5, 5.41) is 7.58. The molecule has 0 atom stereocenters. The van der Waals surface area contributed by atoms with Crippen molar-refractivity contribution in [3.8, 4) is 20.9 Å². The lowest BCUT2D eigenvalue weighted by Gasteiger charge is -2.43. The van der Waals surface area contributed by atoms with E-state index >= 15 is 0 Å². The van der Waals surface area contributed by atoms with Crippen LogP contribution in [0.3, 0.4) is 0 Å². The standard InChI is InChI=1S/C31H37N3O3S.C26H30N2OS.ClH/c1-2-31(11-13-33(14-12-31)30(36)34-15-17-37-18-16-34)22-23-5-7-24(8-6-23)28(35)21-26-20-25(9-10-27(26)32)29-4-3-19-38-29;1-2-26(11-13-28-14-12-26)18-19-5-7-20(8-6-19)24(29)17-22-16-21(9-10-23(22)27)25-4-3-15-30-25;/h3-10,19-20H,2,11-18,21-22,32H2,1H3;3-10,15-16,28H,2,11-14,17-18,27H2,1H3;1H. The number of rotatable bonds is 14. The Hall–Kier alpha value is -5.30. The van der Waals surface area contributed by atoms with Gasteiger partial charge in [-0.1, -0.05) is 99.5 Å². The average Bonchev–Trinajstić information content (AvgIpc) is 4.13. The van der Waals surface area contributed by atoms with E-state index in [1.807, 2.05) is 76.5 Å². The second-order valence-electron chi connectivity index (χ2n) is 19.1. The highest BCUT2D eigenvalue weighted by atomic mass is 35.5. The molecule has 0 saturated carbocycles. The Morgan fingerprint density at radius 1 is 0.594 bits per heavy atom. The van der Waals surface area contributed by atoms with Crippen molar-refractivity contribution >= 4 is 64.1 Å². The van der Waals surface area contributed by atoms with Crippen LogP contribution in [0.4, 0.5) is 16.2 Å². The molecule has 0 bridgehead atoms. The maximum atomic E-state index is 13.1. The second-order valence-corrected chi connectivity index (χ2v) is 21.0. The number of amides is 2. The van der Waals surface area contributed by atoms with Crippen LogP contribution in [-0.4, -0.2) is 79.9 Å². The van der Waals surface area contributed by atoms with Crippen molar-refractivity contribution in [1.82, 2.24) is 15.1 Å². The fourth-order valence-electron chi connectivity index (χ4n) is 10.1. The van der Waals surface area contributed by atoms with Crippen molar-refractivity contribution in [2.45, 2.75) is 78.1 Å². The van der Waals surface area contributed by atoms with Crippen molar-refractivity contribution in [2.75, 3.05) is 63.9 Å². The largest absolute Gasteiger partial charge is 0.398 e. The molecule has 12 heteroatoms. The Morgan fingerprint density at radius 3 is 1.45 bits per heavy atom. The molecular weight excluding hydrogens is 918 g/mol. The molecule has 0 spiro atoms. The minimum atomic E-state index is 0. The smallest absolute Gasteiger partial charge is 0.320 e. The molecule has 9 rings (SSSR count). The molecule has 4 aromatic carbocycles. The number of carbonyl (C=O) groups is 3. The SMILES string of the molecule is CCC1(Cc2ccc(C(=O)Cc3cc(-c4cccs4)ccc3N)cc2)CCN(C(=O)N2CCOCC2)CC1.CCC1(Cc2ccc(C(=O)Cc3cc(-c4cccs4)ccc3N)cc2)CCNCC1.Cl. The topological polar surface area (TPSA) is 131 Å². The predicted octanol–water partition coefficient (Wildman–Crippen LogP) is 12.1. The molecular formula is C57H68ClN5O4S2. The normalized spacial score (nSPS) is 16.4. The zero-order valence-electron chi connectivity index (χ0n) is 40.2. The first-order valence-corrected chi connectivity index (χ1v) is 26.2. The maximum absolute atomic E-state index is 13.1. The Bertz CT molecular complexity index is 2600. The number of Topliss-reactive ketones (excluding diaryl/α,β-unsaturated/α-hetero) is 2. The van der Waals surface area contributed by atoms with E-state index in [0.29, 0.717) is 55.1 Å². The first kappa shape index (κ1) is 51.5. The number of carbonyl (C=O) groups excluding carboxylic acids is 3. The lowest BCUT2D eigenvalue weighted by molar-refractivity contribution is 0.0342. The summed E-state index contributed by atoms with van der Waals surface area (Å²) in [5.74, 6) is 0.190. The number of thiophene rings is 2. The minimum Gasteiger partial charge on any atom is -0.398 e. The van der Waals surface area contributed by atoms with Crippen LogP contribution in [0.1, 0.15) is 95.3 Å². The fraction of sp³-hybridized carbons (Fsp3) is 0.386. The number of anilines is 2. The average molecular weight is 987 g/mol. The van der Waals surface area contributed by atoms with Crippen LogP contribution in [0, 0.1) is 10.8 Å². The summed E-state index contributed by atoms with van der Waals surface area (Å²) in [6, 6.07) is 36.7. The number of morpholine rings is 1. The van der Waals surface area contributed by atoms with Crippen LogP contribution >= 0.6 is 35.1 Å². The van der Waals surface area contributed by atoms with Crippen LogP contribution in [0.5, 0.6) is 0 Å². The second kappa shape index (κ2) is 24.0. The number of nitrogen functional groups attached to an aromatic ring is 2. The number of nitrogens with zero attached hydrogens (tertiary/aromatic N) is 2. The van der Waals surface area contributed by atoms with E-state index in [2.05, 4.69) is 72.4 Å². The zero-order chi connectivity index (χ0) is 47.5. The molecule has 3 aliphatic heterocycles. The number of urea groups is 1. The van der Waals surface area contributed by atoms with E-state index < -0.39 is 0 Å². The maximum Gasteiger partial charge on any atom is 0.320 e. The lowest BCUT2D eigenvalue weighted by Crippen LogP contribution is -2.52. The summed E-state index contributed by atoms with van der Waals surface area (Å²) in [7, 11) is 0. The van der Waals surface area contributed by atoms with E-state index in [1.165, 1.54) is 40.1 Å². The molecule has 0 radical (unpaired) electrons. The fourth-order valence-corrected chi connectivity index (χ4v) is 11.6. The molecule has 0 unspecified atom stereocenters. The van der Waals surface area contributed by atoms with Crippen LogP contribution in [0.15, 0.2) is 120 Å². The quantitative estimate of drug-likeness (QED) is 0.0732. The molecule has 2 amide bonds. The van der Waals surface area contributed by atoms with Crippen molar-refractivity contribution in [1.29, 1.82) is 0 Å². The van der Waals surface area contributed by atoms with Gasteiger partial charge in [0.2, 0.25) is 0 Å². The number of ether oxygens (including phenoxy) is 1. The highest BCUT2D eigenvalue weighted by Crippen LogP contribution is 2.39. The predicted molar refractivity (Wildman–Crippen MR) is 288 cm³/mol. The summed E-state index contributed by atoms with van der Waals surface area (Å²) in [4.78, 5) is 45.2. The number of hydrogen-bond donors (Lipinski definition) is 3. The van der Waals surface area contributed by atoms with Crippen LogP contribution in [-0.2, 0) is 30.4 Å². The molecule has 3 saturated heterocycles. The van der Waals surface area contributed by atoms with Crippen molar-refractivity contribution < 1.29 is 19.1 Å². The van der Waals surface area contributed by atoms with Gasteiger partial charge in [-0.3, -0.25) is 9.59 Å². The van der Waals surface area contributed by atoms with Crippen LogP contribution in [0.25, 0.3) is 20.9 Å². The first-order chi connectivity index (χ1) is 33.0. The molecule has 6 aromatic rings. The van der Waals surface area contributed by atoms with Gasteiger partial charge in [0, 0.05) is 71.3 Å². The number of piperidine rings is 2. The monoisotopic (exact) mass is 985 g/mol. The molecule has 69 heavy (non-hydrogen) atoms. The van der Waals surface area contributed by atoms with Gasteiger partial charge in [-0.15, -0.1) is 35.1 Å². The van der Waals surface area contributed by atoms with Crippen LogP contribution < -0.4 is 16.8 Å². The summed E-state index contributed by atoms with van der Waals surface area (Å²) in [6.07, 6.45) is 9.41. The summed E-state index contributed by atoms with van der Waals surface area (Å²) in [6.45, 7) is 11.0. The molecule has 3 fully saturated rings. The van der Waals surface area contributed by atoms with E-state index in [1.54, 1.807) is 22.7 Å². The number of nitrogens with one attached hydrogen (secondary N) is 1. The van der Waals surface area contributed by atoms with Gasteiger partial charge in [0.05, 0.1) is 13.2 Å². The molecule has 5 N–H and O–H groups in total. The van der Waals surface area contributed by atoms with Gasteiger partial charge < -0.3 is 31.3 Å². The highest BCUT2D eigenvalue weighted by molar-refractivity contribution is 7.13. The number of likely N-dealkylation sites (tertiary alicyclic amines) is 1. The van der Waals surface area contributed by atoms with Gasteiger partial charge in [0.1, 0.15) is 0 Å². The number of benzene rings is 4. The van der Waals surface area contributed by atoms with E-state index in [0.717, 1.165) is 86.1 Å². The van der Waals surface area contributed by atoms with E-state index in [9.17, 15) is 14.4 Å². The minimum absolute atomic E-state index is 0. The lowest BCUT2D eigenvalue weighted by atomic mass is 9.72.